The van der Waals surface area contributed by atoms with Gasteiger partial charge in [0, 0.05) is 29.3 Å². The summed E-state index contributed by atoms with van der Waals surface area (Å²) in [5.41, 5.74) is 1.72. The lowest BCUT2D eigenvalue weighted by atomic mass is 9.82. The second-order valence-corrected chi connectivity index (χ2v) is 8.13. The number of Topliss-reactive ketones (excluding diaryl/α,β-unsaturated/α-hetero) is 2. The maximum absolute atomic E-state index is 13.5. The van der Waals surface area contributed by atoms with Crippen LogP contribution in [0.5, 0.6) is 0 Å². The first-order chi connectivity index (χ1) is 15.0. The summed E-state index contributed by atoms with van der Waals surface area (Å²) in [4.78, 5) is 39.7. The Hall–Kier alpha value is -3.61. The zero-order chi connectivity index (χ0) is 21.7. The lowest BCUT2D eigenvalue weighted by Crippen LogP contribution is -2.53. The summed E-state index contributed by atoms with van der Waals surface area (Å²) < 4.78 is 2.01. The van der Waals surface area contributed by atoms with Gasteiger partial charge in [0.05, 0.1) is 17.5 Å². The third-order valence-electron chi connectivity index (χ3n) is 6.28. The Kier molecular flexibility index (Phi) is 4.54. The first-order valence-electron chi connectivity index (χ1n) is 10.5. The molecule has 1 fully saturated rings. The van der Waals surface area contributed by atoms with Gasteiger partial charge in [-0.1, -0.05) is 36.4 Å². The Morgan fingerprint density at radius 2 is 1.77 bits per heavy atom. The van der Waals surface area contributed by atoms with E-state index >= 15 is 0 Å². The number of fused-ring (bicyclic) bond motifs is 2. The van der Waals surface area contributed by atoms with Crippen molar-refractivity contribution in [1.82, 2.24) is 4.90 Å². The fourth-order valence-corrected chi connectivity index (χ4v) is 4.76. The largest absolute Gasteiger partial charge is 0.289 e. The summed E-state index contributed by atoms with van der Waals surface area (Å²) in [6.45, 7) is 2.56. The average molecular weight is 416 g/mol. The Bertz CT molecular complexity index is 1180. The SMILES string of the molecule is CC[N+]1=C(/C=C/c2cccc([N+](=O)[O-])c2)N(C2CC2)C2C(=O)c3ccccc3C(=O)C21. The van der Waals surface area contributed by atoms with E-state index in [0.717, 1.165) is 18.7 Å². The molecule has 5 rings (SSSR count). The van der Waals surface area contributed by atoms with E-state index in [-0.39, 0.29) is 23.3 Å². The summed E-state index contributed by atoms with van der Waals surface area (Å²) in [5, 5.41) is 11.1. The number of nitro benzene ring substituents is 1. The number of likely N-dealkylation sites (N-methyl/N-ethyl adjacent to an activating group) is 1. The molecule has 0 bridgehead atoms. The van der Waals surface area contributed by atoms with Gasteiger partial charge in [0.2, 0.25) is 23.7 Å². The summed E-state index contributed by atoms with van der Waals surface area (Å²) in [6.07, 6.45) is 5.68. The second-order valence-electron chi connectivity index (χ2n) is 8.13. The van der Waals surface area contributed by atoms with Crippen LogP contribution in [0.1, 0.15) is 46.0 Å². The van der Waals surface area contributed by atoms with Crippen LogP contribution in [0, 0.1) is 10.1 Å². The first-order valence-corrected chi connectivity index (χ1v) is 10.5. The number of nitro groups is 1. The number of hydrogen-bond acceptors (Lipinski definition) is 5. The molecule has 2 atom stereocenters. The van der Waals surface area contributed by atoms with Gasteiger partial charge < -0.3 is 0 Å². The molecule has 2 aromatic rings. The maximum Gasteiger partial charge on any atom is 0.273 e. The summed E-state index contributed by atoms with van der Waals surface area (Å²) in [6, 6.07) is 12.6. The summed E-state index contributed by atoms with van der Waals surface area (Å²) in [5.74, 6) is 0.803. The topological polar surface area (TPSA) is 83.5 Å². The normalized spacial score (nSPS) is 22.8. The van der Waals surface area contributed by atoms with Gasteiger partial charge in [-0.05, 0) is 31.4 Å². The lowest BCUT2D eigenvalue weighted by Gasteiger charge is -2.27. The molecule has 2 aromatic carbocycles. The predicted octanol–water partition coefficient (Wildman–Crippen LogP) is 3.33. The molecule has 7 nitrogen and oxygen atoms in total. The van der Waals surface area contributed by atoms with Crippen LogP contribution in [0.25, 0.3) is 6.08 Å². The van der Waals surface area contributed by atoms with Crippen molar-refractivity contribution in [3.05, 3.63) is 81.4 Å². The molecule has 2 unspecified atom stereocenters. The monoisotopic (exact) mass is 416 g/mol. The van der Waals surface area contributed by atoms with Crippen molar-refractivity contribution >= 4 is 29.2 Å². The number of carbonyl (C=O) groups excluding carboxylic acids is 2. The molecule has 7 heteroatoms. The molecular weight excluding hydrogens is 394 g/mol. The molecule has 1 aliphatic heterocycles. The van der Waals surface area contributed by atoms with Gasteiger partial charge in [-0.15, -0.1) is 0 Å². The third kappa shape index (κ3) is 3.08. The standard InChI is InChI=1S/C24H22N3O4/c1-2-25-20(13-10-15-6-5-7-17(14-15)27(30)31)26(16-11-12-16)22-21(25)23(28)18-8-3-4-9-19(18)24(22)29/h3-10,13-14,16,21-22H,2,11-12H2,1H3/q+1/b13-10+. The van der Waals surface area contributed by atoms with Crippen LogP contribution in [-0.2, 0) is 0 Å². The molecule has 3 aliphatic rings. The molecule has 0 N–H and O–H groups in total. The Labute approximate surface area is 179 Å². The number of hydrogen-bond donors (Lipinski definition) is 0. The van der Waals surface area contributed by atoms with E-state index in [2.05, 4.69) is 4.90 Å². The van der Waals surface area contributed by atoms with Gasteiger partial charge >= 0.3 is 0 Å². The molecule has 0 spiro atoms. The number of carbonyl (C=O) groups is 2. The Morgan fingerprint density at radius 1 is 1.06 bits per heavy atom. The molecule has 156 valence electrons. The molecule has 1 heterocycles. The van der Waals surface area contributed by atoms with E-state index in [4.69, 9.17) is 0 Å². The van der Waals surface area contributed by atoms with Gasteiger partial charge in [0.25, 0.3) is 11.5 Å². The van der Waals surface area contributed by atoms with Gasteiger partial charge in [-0.2, -0.15) is 0 Å². The fourth-order valence-electron chi connectivity index (χ4n) is 4.76. The smallest absolute Gasteiger partial charge is 0.273 e. The van der Waals surface area contributed by atoms with Crippen LogP contribution >= 0.6 is 0 Å². The molecule has 0 aromatic heterocycles. The lowest BCUT2D eigenvalue weighted by molar-refractivity contribution is -0.538. The molecule has 0 radical (unpaired) electrons. The number of nitrogens with zero attached hydrogens (tertiary/aromatic N) is 3. The van der Waals surface area contributed by atoms with E-state index < -0.39 is 17.0 Å². The summed E-state index contributed by atoms with van der Waals surface area (Å²) in [7, 11) is 0. The minimum atomic E-state index is -0.544. The molecule has 0 saturated heterocycles. The van der Waals surface area contributed by atoms with Crippen molar-refractivity contribution in [3.63, 3.8) is 0 Å². The number of benzene rings is 2. The van der Waals surface area contributed by atoms with Crippen LogP contribution in [0.3, 0.4) is 0 Å². The van der Waals surface area contributed by atoms with E-state index in [1.54, 1.807) is 36.4 Å². The number of rotatable bonds is 5. The molecule has 1 saturated carbocycles. The molecular formula is C24H22N3O4+. The van der Waals surface area contributed by atoms with Crippen molar-refractivity contribution in [2.75, 3.05) is 6.54 Å². The van der Waals surface area contributed by atoms with Crippen LogP contribution in [0.2, 0.25) is 0 Å². The second kappa shape index (κ2) is 7.27. The van der Waals surface area contributed by atoms with Crippen molar-refractivity contribution < 1.29 is 19.1 Å². The van der Waals surface area contributed by atoms with Crippen LogP contribution in [-0.4, -0.2) is 56.5 Å². The van der Waals surface area contributed by atoms with Crippen LogP contribution in [0.4, 0.5) is 5.69 Å². The highest BCUT2D eigenvalue weighted by atomic mass is 16.6. The zero-order valence-corrected chi connectivity index (χ0v) is 17.1. The van der Waals surface area contributed by atoms with Crippen LogP contribution < -0.4 is 0 Å². The molecule has 2 aliphatic carbocycles. The van der Waals surface area contributed by atoms with Gasteiger partial charge in [0.15, 0.2) is 0 Å². The van der Waals surface area contributed by atoms with Gasteiger partial charge in [-0.25, -0.2) is 9.48 Å². The number of non-ortho nitro benzene ring substituents is 1. The fraction of sp³-hybridized carbons (Fsp3) is 0.292. The number of ketones is 2. The van der Waals surface area contributed by atoms with Crippen molar-refractivity contribution in [3.8, 4) is 0 Å². The van der Waals surface area contributed by atoms with Crippen molar-refractivity contribution in [2.24, 2.45) is 0 Å². The van der Waals surface area contributed by atoms with Crippen LogP contribution in [0.15, 0.2) is 54.6 Å². The molecule has 31 heavy (non-hydrogen) atoms. The van der Waals surface area contributed by atoms with E-state index in [1.165, 1.54) is 12.1 Å². The van der Waals surface area contributed by atoms with E-state index in [1.807, 2.05) is 23.7 Å². The van der Waals surface area contributed by atoms with Crippen molar-refractivity contribution in [1.29, 1.82) is 0 Å². The minimum Gasteiger partial charge on any atom is -0.289 e. The van der Waals surface area contributed by atoms with Gasteiger partial charge in [0.1, 0.15) is 0 Å². The quantitative estimate of drug-likeness (QED) is 0.424. The number of amidine groups is 1. The summed E-state index contributed by atoms with van der Waals surface area (Å²) >= 11 is 0. The average Bonchev–Trinajstić information content (AvgIpc) is 3.57. The van der Waals surface area contributed by atoms with E-state index in [0.29, 0.717) is 23.2 Å². The Balaban J connectivity index is 1.59. The highest BCUT2D eigenvalue weighted by Gasteiger charge is 2.60. The van der Waals surface area contributed by atoms with Gasteiger partial charge in [-0.3, -0.25) is 19.7 Å². The van der Waals surface area contributed by atoms with E-state index in [9.17, 15) is 19.7 Å². The Morgan fingerprint density at radius 3 is 2.42 bits per heavy atom. The van der Waals surface area contributed by atoms with Crippen molar-refractivity contribution in [2.45, 2.75) is 37.9 Å². The highest BCUT2D eigenvalue weighted by molar-refractivity contribution is 6.20. The minimum absolute atomic E-state index is 0.00991. The third-order valence-corrected chi connectivity index (χ3v) is 6.28. The maximum atomic E-state index is 13.5. The first kappa shape index (κ1) is 19.4. The zero-order valence-electron chi connectivity index (χ0n) is 17.1. The predicted molar refractivity (Wildman–Crippen MR) is 115 cm³/mol. The molecule has 0 amide bonds. The highest BCUT2D eigenvalue weighted by Crippen LogP contribution is 2.38.